The van der Waals surface area contributed by atoms with E-state index in [0.717, 1.165) is 86.7 Å². The van der Waals surface area contributed by atoms with Crippen molar-refractivity contribution in [2.24, 2.45) is 5.41 Å². The summed E-state index contributed by atoms with van der Waals surface area (Å²) in [6.07, 6.45) is 4.37. The first-order chi connectivity index (χ1) is 29.8. The van der Waals surface area contributed by atoms with Crippen molar-refractivity contribution in [2.45, 2.75) is 72.2 Å². The van der Waals surface area contributed by atoms with Gasteiger partial charge in [0.1, 0.15) is 4.90 Å². The molecule has 0 bridgehead atoms. The topological polar surface area (TPSA) is 128 Å². The van der Waals surface area contributed by atoms with E-state index in [1.807, 2.05) is 35.1 Å². The largest absolute Gasteiger partial charge is 0.501 e. The van der Waals surface area contributed by atoms with Gasteiger partial charge in [-0.3, -0.25) is 14.6 Å². The average molecular weight is 953 g/mol. The number of anilines is 2. The van der Waals surface area contributed by atoms with Crippen LogP contribution in [0.15, 0.2) is 111 Å². The normalized spacial score (nSPS) is 18.5. The van der Waals surface area contributed by atoms with E-state index >= 15 is 0 Å². The lowest BCUT2D eigenvalue weighted by Gasteiger charge is -2.40. The van der Waals surface area contributed by atoms with E-state index < -0.39 is 52.8 Å². The van der Waals surface area contributed by atoms with Gasteiger partial charge in [0, 0.05) is 86.2 Å². The number of piperazine rings is 1. The second kappa shape index (κ2) is 21.2. The summed E-state index contributed by atoms with van der Waals surface area (Å²) in [5.74, 6) is -0.106. The summed E-state index contributed by atoms with van der Waals surface area (Å²) < 4.78 is 103. The molecular formula is C45H57ClF3N5O6S3. The molecule has 2 N–H and O–H groups in total. The van der Waals surface area contributed by atoms with Gasteiger partial charge in [-0.1, -0.05) is 49.8 Å². The molecule has 18 heteroatoms. The van der Waals surface area contributed by atoms with Gasteiger partial charge in [0.05, 0.1) is 23.8 Å². The van der Waals surface area contributed by atoms with Gasteiger partial charge in [-0.15, -0.1) is 23.4 Å². The first kappa shape index (κ1) is 48.9. The molecule has 2 fully saturated rings. The Balaban J connectivity index is 1.13. The maximum Gasteiger partial charge on any atom is 0.501 e. The number of allylic oxidation sites excluding steroid dienone is 2. The van der Waals surface area contributed by atoms with Gasteiger partial charge in [-0.05, 0) is 97.7 Å². The second-order valence-corrected chi connectivity index (χ2v) is 22.1. The molecule has 1 atom stereocenters. The van der Waals surface area contributed by atoms with Gasteiger partial charge >= 0.3 is 5.51 Å². The number of sulfone groups is 1. The summed E-state index contributed by atoms with van der Waals surface area (Å²) in [5.41, 5.74) is -1.14. The number of alkyl halides is 4. The highest BCUT2D eigenvalue weighted by molar-refractivity contribution is 7.99. The molecule has 0 spiro atoms. The summed E-state index contributed by atoms with van der Waals surface area (Å²) in [6.45, 7) is 16.0. The average Bonchev–Trinajstić information content (AvgIpc) is 3.25. The lowest BCUT2D eigenvalue weighted by atomic mass is 9.72. The van der Waals surface area contributed by atoms with Crippen molar-refractivity contribution < 1.29 is 39.5 Å². The maximum atomic E-state index is 14.2. The van der Waals surface area contributed by atoms with Gasteiger partial charge in [-0.2, -0.15) is 13.2 Å². The number of halogens is 4. The van der Waals surface area contributed by atoms with E-state index in [0.29, 0.717) is 57.0 Å². The van der Waals surface area contributed by atoms with Crippen LogP contribution in [0.5, 0.6) is 0 Å². The Kier molecular flexibility index (Phi) is 16.4. The van der Waals surface area contributed by atoms with E-state index in [1.54, 1.807) is 12.1 Å². The number of nitrogens with zero attached hydrogens (tertiary/aromatic N) is 3. The predicted molar refractivity (Wildman–Crippen MR) is 245 cm³/mol. The Hall–Kier alpha value is -3.58. The molecule has 344 valence electrons. The Labute approximate surface area is 379 Å². The highest BCUT2D eigenvalue weighted by atomic mass is 35.5. The standard InChI is InChI=1S/C45H57ClF3N5O6S3/c1-33(16-19-46)40-15-18-44(2,3)30-35(40)31-53-21-23-54(24-22-53)37-11-9-34(10-12-37)43(55)51-63(58,59)39-13-14-41(42(29-39)62(56,57)45(47,48)49)50-36(17-20-52-25-27-60-28-26-52)32-61-38-7-5-4-6-8-38/h4-14,29,36,50H,1,15-28,30-32H2,2-3H3,(H,51,55). The molecule has 0 aromatic heterocycles. The quantitative estimate of drug-likeness (QED) is 0.0947. The fourth-order valence-corrected chi connectivity index (χ4v) is 11.4. The Morgan fingerprint density at radius 3 is 2.27 bits per heavy atom. The van der Waals surface area contributed by atoms with Crippen molar-refractivity contribution in [2.75, 3.05) is 87.4 Å². The molecule has 3 aromatic rings. The third-order valence-electron chi connectivity index (χ3n) is 11.8. The molecule has 3 aromatic carbocycles. The van der Waals surface area contributed by atoms with Gasteiger partial charge < -0.3 is 15.0 Å². The Morgan fingerprint density at radius 1 is 0.937 bits per heavy atom. The number of nitrogens with one attached hydrogen (secondary N) is 2. The number of hydrogen-bond acceptors (Lipinski definition) is 11. The molecule has 2 heterocycles. The van der Waals surface area contributed by atoms with E-state index in [-0.39, 0.29) is 11.0 Å². The van der Waals surface area contributed by atoms with Gasteiger partial charge in [0.15, 0.2) is 0 Å². The number of amides is 1. The highest BCUT2D eigenvalue weighted by Gasteiger charge is 2.48. The fourth-order valence-electron chi connectivity index (χ4n) is 8.18. The third-order valence-corrected chi connectivity index (χ3v) is 16.0. The van der Waals surface area contributed by atoms with Crippen molar-refractivity contribution in [1.29, 1.82) is 0 Å². The first-order valence-corrected chi connectivity index (χ1v) is 25.6. The van der Waals surface area contributed by atoms with Crippen molar-refractivity contribution >= 4 is 60.5 Å². The number of benzene rings is 3. The van der Waals surface area contributed by atoms with Crippen LogP contribution in [0.25, 0.3) is 0 Å². The monoisotopic (exact) mass is 951 g/mol. The summed E-state index contributed by atoms with van der Waals surface area (Å²) in [5, 5.41) is 2.99. The minimum atomic E-state index is -6.05. The molecular weight excluding hydrogens is 895 g/mol. The highest BCUT2D eigenvalue weighted by Crippen LogP contribution is 2.42. The van der Waals surface area contributed by atoms with E-state index in [4.69, 9.17) is 16.3 Å². The first-order valence-electron chi connectivity index (χ1n) is 21.1. The zero-order chi connectivity index (χ0) is 45.4. The lowest BCUT2D eigenvalue weighted by molar-refractivity contribution is -0.0435. The van der Waals surface area contributed by atoms with Crippen LogP contribution in [0.3, 0.4) is 0 Å². The maximum absolute atomic E-state index is 14.2. The predicted octanol–water partition coefficient (Wildman–Crippen LogP) is 8.21. The summed E-state index contributed by atoms with van der Waals surface area (Å²) in [4.78, 5) is 18.9. The SMILES string of the molecule is C=C(CCCl)C1=C(CN2CCN(c3ccc(C(=O)NS(=O)(=O)c4ccc(NC(CCN5CCOCC5)CSc5ccccc5)c(S(=O)(=O)C(F)(F)F)c4)cc3)CC2)CC(C)(C)CC1. The van der Waals surface area contributed by atoms with Gasteiger partial charge in [-0.25, -0.2) is 21.6 Å². The molecule has 0 saturated carbocycles. The number of rotatable bonds is 18. The number of hydrogen-bond donors (Lipinski definition) is 2. The summed E-state index contributed by atoms with van der Waals surface area (Å²) in [6, 6.07) is 17.7. The van der Waals surface area contributed by atoms with Crippen LogP contribution in [-0.4, -0.2) is 121 Å². The minimum Gasteiger partial charge on any atom is -0.380 e. The van der Waals surface area contributed by atoms with Crippen molar-refractivity contribution in [3.63, 3.8) is 0 Å². The van der Waals surface area contributed by atoms with E-state index in [9.17, 15) is 34.8 Å². The molecule has 3 aliphatic rings. The van der Waals surface area contributed by atoms with Crippen LogP contribution in [0.4, 0.5) is 24.5 Å². The second-order valence-electron chi connectivity index (χ2n) is 17.0. The molecule has 6 rings (SSSR count). The van der Waals surface area contributed by atoms with Crippen LogP contribution >= 0.6 is 23.4 Å². The minimum absolute atomic E-state index is 0.00188. The number of morpholine rings is 1. The molecule has 63 heavy (non-hydrogen) atoms. The van der Waals surface area contributed by atoms with Crippen LogP contribution in [0.2, 0.25) is 0 Å². The van der Waals surface area contributed by atoms with Crippen LogP contribution < -0.4 is 14.9 Å². The molecule has 1 amide bonds. The number of carbonyl (C=O) groups is 1. The molecule has 2 saturated heterocycles. The lowest BCUT2D eigenvalue weighted by Crippen LogP contribution is -2.47. The van der Waals surface area contributed by atoms with Crippen LogP contribution in [-0.2, 0) is 24.6 Å². The van der Waals surface area contributed by atoms with Crippen LogP contribution in [0, 0.1) is 5.41 Å². The Morgan fingerprint density at radius 2 is 1.62 bits per heavy atom. The number of thioether (sulfide) groups is 1. The van der Waals surface area contributed by atoms with Crippen molar-refractivity contribution in [3.8, 4) is 0 Å². The van der Waals surface area contributed by atoms with Crippen molar-refractivity contribution in [3.05, 3.63) is 102 Å². The summed E-state index contributed by atoms with van der Waals surface area (Å²) in [7, 11) is -10.9. The number of carbonyl (C=O) groups excluding carboxylic acids is 1. The van der Waals surface area contributed by atoms with Crippen molar-refractivity contribution in [1.82, 2.24) is 14.5 Å². The third kappa shape index (κ3) is 13.0. The molecule has 0 radical (unpaired) electrons. The van der Waals surface area contributed by atoms with E-state index in [1.165, 1.54) is 35.0 Å². The van der Waals surface area contributed by atoms with Gasteiger partial charge in [0.2, 0.25) is 0 Å². The van der Waals surface area contributed by atoms with E-state index in [2.05, 4.69) is 40.4 Å². The zero-order valence-electron chi connectivity index (χ0n) is 35.8. The molecule has 2 aliphatic heterocycles. The molecule has 1 aliphatic carbocycles. The van der Waals surface area contributed by atoms with Gasteiger partial charge in [0.25, 0.3) is 25.8 Å². The Bertz CT molecular complexity index is 2320. The molecule has 11 nitrogen and oxygen atoms in total. The molecule has 1 unspecified atom stereocenters. The zero-order valence-corrected chi connectivity index (χ0v) is 39.0. The smallest absolute Gasteiger partial charge is 0.380 e. The number of sulfonamides is 1. The summed E-state index contributed by atoms with van der Waals surface area (Å²) >= 11 is 7.51. The number of ether oxygens (including phenoxy) is 1. The van der Waals surface area contributed by atoms with Crippen LogP contribution in [0.1, 0.15) is 56.3 Å². The fraction of sp³-hybridized carbons (Fsp3) is 0.489.